The summed E-state index contributed by atoms with van der Waals surface area (Å²) in [6.45, 7) is 4.48. The van der Waals surface area contributed by atoms with Crippen molar-refractivity contribution in [2.45, 2.75) is 31.6 Å². The highest BCUT2D eigenvalue weighted by Gasteiger charge is 2.36. The number of rotatable bonds is 4. The number of carboxylic acids is 1. The standard InChI is InChI=1S/C8H16N2O3S/c1-5(11)9-10(4)6(7(12)13)8(2,3)14/h6,14H,1-4H3,(H,9,11)(H,12,13)/t6-/m1/s1/i4D. The van der Waals surface area contributed by atoms with Gasteiger partial charge in [-0.2, -0.15) is 12.6 Å². The maximum absolute atomic E-state index is 11.0. The second kappa shape index (κ2) is 4.65. The Kier molecular flexibility index (Phi) is 3.77. The van der Waals surface area contributed by atoms with E-state index < -0.39 is 22.7 Å². The van der Waals surface area contributed by atoms with Crippen LogP contribution in [0.5, 0.6) is 0 Å². The number of aliphatic carboxylic acids is 1. The van der Waals surface area contributed by atoms with Crippen molar-refractivity contribution in [1.29, 1.82) is 0 Å². The molecule has 6 heteroatoms. The van der Waals surface area contributed by atoms with Crippen molar-refractivity contribution in [2.75, 3.05) is 7.02 Å². The fourth-order valence-corrected chi connectivity index (χ4v) is 1.33. The van der Waals surface area contributed by atoms with Crippen molar-refractivity contribution in [1.82, 2.24) is 10.4 Å². The van der Waals surface area contributed by atoms with E-state index in [9.17, 15) is 9.59 Å². The molecule has 14 heavy (non-hydrogen) atoms. The van der Waals surface area contributed by atoms with E-state index >= 15 is 0 Å². The van der Waals surface area contributed by atoms with Crippen molar-refractivity contribution in [3.8, 4) is 0 Å². The largest absolute Gasteiger partial charge is 0.480 e. The van der Waals surface area contributed by atoms with Crippen LogP contribution in [0.15, 0.2) is 0 Å². The Morgan fingerprint density at radius 1 is 1.64 bits per heavy atom. The van der Waals surface area contributed by atoms with Gasteiger partial charge in [0.15, 0.2) is 0 Å². The zero-order chi connectivity index (χ0) is 12.2. The lowest BCUT2D eigenvalue weighted by molar-refractivity contribution is -0.146. The van der Waals surface area contributed by atoms with Crippen LogP contribution in [-0.4, -0.2) is 39.8 Å². The summed E-state index contributed by atoms with van der Waals surface area (Å²) < 4.78 is 6.31. The minimum atomic E-state index is -1.13. The number of hydrogen-bond donors (Lipinski definition) is 3. The van der Waals surface area contributed by atoms with Crippen LogP contribution in [0.3, 0.4) is 0 Å². The molecular weight excluding hydrogens is 204 g/mol. The predicted molar refractivity (Wildman–Crippen MR) is 56.1 cm³/mol. The topological polar surface area (TPSA) is 69.6 Å². The molecule has 0 aliphatic carbocycles. The number of nitrogens with one attached hydrogen (secondary N) is 1. The first kappa shape index (κ1) is 11.3. The smallest absolute Gasteiger partial charge is 0.324 e. The molecule has 0 bridgehead atoms. The summed E-state index contributed by atoms with van der Waals surface area (Å²) in [5.74, 6) is -1.54. The van der Waals surface area contributed by atoms with Crippen LogP contribution in [0.1, 0.15) is 22.1 Å². The Morgan fingerprint density at radius 3 is 2.36 bits per heavy atom. The third-order valence-electron chi connectivity index (χ3n) is 1.52. The first-order valence-corrected chi connectivity index (χ1v) is 4.43. The average Bonchev–Trinajstić information content (AvgIpc) is 1.98. The van der Waals surface area contributed by atoms with Gasteiger partial charge in [0, 0.05) is 20.1 Å². The molecule has 0 spiro atoms. The van der Waals surface area contributed by atoms with Crippen LogP contribution in [0.2, 0.25) is 0 Å². The highest BCUT2D eigenvalue weighted by Crippen LogP contribution is 2.21. The van der Waals surface area contributed by atoms with Crippen molar-refractivity contribution < 1.29 is 16.1 Å². The summed E-state index contributed by atoms with van der Waals surface area (Å²) in [5, 5.41) is 10.0. The molecule has 0 radical (unpaired) electrons. The Balaban J connectivity index is 4.87. The van der Waals surface area contributed by atoms with E-state index in [1.54, 1.807) is 13.8 Å². The molecule has 0 rings (SSSR count). The molecule has 2 N–H and O–H groups in total. The second-order valence-corrected chi connectivity index (χ2v) is 4.68. The van der Waals surface area contributed by atoms with Gasteiger partial charge < -0.3 is 5.11 Å². The molecule has 0 aromatic rings. The number of carbonyl (C=O) groups is 2. The number of nitrogens with zero attached hydrogens (tertiary/aromatic N) is 1. The Bertz CT molecular complexity index is 255. The van der Waals surface area contributed by atoms with Gasteiger partial charge in [0.25, 0.3) is 0 Å². The molecule has 0 unspecified atom stereocenters. The van der Waals surface area contributed by atoms with Crippen molar-refractivity contribution in [3.05, 3.63) is 0 Å². The maximum Gasteiger partial charge on any atom is 0.324 e. The Hall–Kier alpha value is -0.750. The molecule has 0 heterocycles. The summed E-state index contributed by atoms with van der Waals surface area (Å²) in [4.78, 5) is 21.8. The molecule has 5 nitrogen and oxygen atoms in total. The zero-order valence-electron chi connectivity index (χ0n) is 9.44. The van der Waals surface area contributed by atoms with Gasteiger partial charge in [-0.15, -0.1) is 0 Å². The molecule has 0 aromatic carbocycles. The van der Waals surface area contributed by atoms with E-state index in [2.05, 4.69) is 18.1 Å². The summed E-state index contributed by atoms with van der Waals surface area (Å²) >= 11 is 4.15. The first-order valence-electron chi connectivity index (χ1n) is 4.69. The van der Waals surface area contributed by atoms with E-state index in [0.717, 1.165) is 5.01 Å². The molecule has 0 aromatic heterocycles. The van der Waals surface area contributed by atoms with Gasteiger partial charge in [0.1, 0.15) is 6.04 Å². The lowest BCUT2D eigenvalue weighted by Crippen LogP contribution is -2.56. The monoisotopic (exact) mass is 221 g/mol. The Morgan fingerprint density at radius 2 is 2.14 bits per heavy atom. The predicted octanol–water partition coefficient (Wildman–Crippen LogP) is 0.131. The number of hydrazine groups is 1. The SMILES string of the molecule is [2H]CN(NC(C)=O)[C@H](C(=O)O)C(C)(C)S. The van der Waals surface area contributed by atoms with Gasteiger partial charge in [0.2, 0.25) is 5.91 Å². The third kappa shape index (κ3) is 3.97. The van der Waals surface area contributed by atoms with Gasteiger partial charge >= 0.3 is 5.97 Å². The van der Waals surface area contributed by atoms with Gasteiger partial charge in [-0.1, -0.05) is 0 Å². The van der Waals surface area contributed by atoms with Crippen molar-refractivity contribution >= 4 is 24.5 Å². The molecule has 1 amide bonds. The van der Waals surface area contributed by atoms with Crippen LogP contribution >= 0.6 is 12.6 Å². The lowest BCUT2D eigenvalue weighted by Gasteiger charge is -2.33. The van der Waals surface area contributed by atoms with E-state index in [1.807, 2.05) is 0 Å². The fraction of sp³-hybridized carbons (Fsp3) is 0.750. The molecule has 0 saturated carbocycles. The maximum atomic E-state index is 11.0. The van der Waals surface area contributed by atoms with Crippen LogP contribution in [0.4, 0.5) is 0 Å². The van der Waals surface area contributed by atoms with Gasteiger partial charge in [-0.3, -0.25) is 15.0 Å². The van der Waals surface area contributed by atoms with Gasteiger partial charge in [0.05, 0.1) is 0 Å². The molecule has 0 fully saturated rings. The minimum absolute atomic E-state index is 0.347. The highest BCUT2D eigenvalue weighted by atomic mass is 32.1. The molecule has 0 aliphatic heterocycles. The summed E-state index contributed by atoms with van der Waals surface area (Å²) in [5.41, 5.74) is 2.29. The fourth-order valence-electron chi connectivity index (χ4n) is 1.08. The quantitative estimate of drug-likeness (QED) is 0.466. The van der Waals surface area contributed by atoms with E-state index in [4.69, 9.17) is 6.48 Å². The summed E-state index contributed by atoms with van der Waals surface area (Å²) in [6, 6.07) is -1.05. The lowest BCUT2D eigenvalue weighted by atomic mass is 10.0. The minimum Gasteiger partial charge on any atom is -0.480 e. The van der Waals surface area contributed by atoms with Crippen LogP contribution in [0, 0.1) is 0 Å². The number of thiol groups is 1. The summed E-state index contributed by atoms with van der Waals surface area (Å²) in [7, 11) is -0.347. The zero-order valence-corrected chi connectivity index (χ0v) is 9.34. The van der Waals surface area contributed by atoms with Gasteiger partial charge in [-0.05, 0) is 13.8 Å². The van der Waals surface area contributed by atoms with Crippen LogP contribution in [-0.2, 0) is 9.59 Å². The second-order valence-electron chi connectivity index (χ2n) is 3.53. The Labute approximate surface area is 90.3 Å². The highest BCUT2D eigenvalue weighted by molar-refractivity contribution is 7.81. The molecular formula is C8H16N2O3S. The third-order valence-corrected chi connectivity index (χ3v) is 1.76. The molecule has 1 atom stereocenters. The van der Waals surface area contributed by atoms with E-state index in [1.165, 1.54) is 6.92 Å². The summed E-state index contributed by atoms with van der Waals surface area (Å²) in [6.07, 6.45) is 0. The first-order chi connectivity index (χ1) is 6.70. The van der Waals surface area contributed by atoms with Crippen molar-refractivity contribution in [3.63, 3.8) is 0 Å². The number of amides is 1. The normalized spacial score (nSPS) is 14.8. The number of hydrogen-bond acceptors (Lipinski definition) is 4. The molecule has 82 valence electrons. The van der Waals surface area contributed by atoms with E-state index in [-0.39, 0.29) is 7.02 Å². The van der Waals surface area contributed by atoms with Crippen molar-refractivity contribution in [2.24, 2.45) is 0 Å². The van der Waals surface area contributed by atoms with Gasteiger partial charge in [-0.25, -0.2) is 5.01 Å². The van der Waals surface area contributed by atoms with Crippen LogP contribution in [0.25, 0.3) is 0 Å². The molecule has 0 aliphatic rings. The molecule has 0 saturated heterocycles. The van der Waals surface area contributed by atoms with Crippen LogP contribution < -0.4 is 5.43 Å². The average molecular weight is 221 g/mol. The number of carbonyl (C=O) groups excluding carboxylic acids is 1. The number of carboxylic acid groups (broad SMARTS) is 1. The number of likely N-dealkylation sites (N-methyl/N-ethyl adjacent to an activating group) is 1. The van der Waals surface area contributed by atoms with E-state index in [0.29, 0.717) is 0 Å².